The number of non-ortho nitro benzene ring substituents is 1. The zero-order valence-electron chi connectivity index (χ0n) is 10.2. The monoisotopic (exact) mass is 266 g/mol. The van der Waals surface area contributed by atoms with Gasteiger partial charge < -0.3 is 5.11 Å². The summed E-state index contributed by atoms with van der Waals surface area (Å²) in [6, 6.07) is 11.9. The van der Waals surface area contributed by atoms with E-state index in [2.05, 4.69) is 4.99 Å². The van der Waals surface area contributed by atoms with Gasteiger partial charge in [0.15, 0.2) is 0 Å². The first-order valence-corrected chi connectivity index (χ1v) is 5.60. The number of aliphatic imine (C=N–C) groups is 1. The van der Waals surface area contributed by atoms with Crippen LogP contribution in [0.2, 0.25) is 0 Å². The van der Waals surface area contributed by atoms with Gasteiger partial charge in [0.1, 0.15) is 0 Å². The molecule has 0 aliphatic rings. The molecule has 2 rings (SSSR count). The van der Waals surface area contributed by atoms with Crippen molar-refractivity contribution in [3.05, 3.63) is 63.7 Å². The third-order valence-corrected chi connectivity index (χ3v) is 2.53. The maximum Gasteiger partial charge on any atom is 0.270 e. The highest BCUT2D eigenvalue weighted by Gasteiger charge is 2.05. The van der Waals surface area contributed by atoms with Crippen LogP contribution in [0.1, 0.15) is 11.1 Å². The SMILES string of the molecule is N#Cc1cccc(N=Cc2cc([N+](=O)[O-])ccc2[O-])c1. The van der Waals surface area contributed by atoms with Gasteiger partial charge in [-0.25, -0.2) is 0 Å². The normalized spacial score (nSPS) is 10.3. The van der Waals surface area contributed by atoms with Crippen LogP contribution in [-0.2, 0) is 0 Å². The summed E-state index contributed by atoms with van der Waals surface area (Å²) in [4.78, 5) is 14.1. The van der Waals surface area contributed by atoms with Gasteiger partial charge in [-0.1, -0.05) is 17.9 Å². The van der Waals surface area contributed by atoms with E-state index in [9.17, 15) is 15.2 Å². The number of benzene rings is 2. The third-order valence-electron chi connectivity index (χ3n) is 2.53. The van der Waals surface area contributed by atoms with Crippen LogP contribution in [0.25, 0.3) is 0 Å². The molecule has 0 N–H and O–H groups in total. The van der Waals surface area contributed by atoms with E-state index in [1.54, 1.807) is 24.3 Å². The second-order valence-corrected chi connectivity index (χ2v) is 3.90. The van der Waals surface area contributed by atoms with E-state index in [-0.39, 0.29) is 17.0 Å². The van der Waals surface area contributed by atoms with Gasteiger partial charge in [-0.15, -0.1) is 0 Å². The summed E-state index contributed by atoms with van der Waals surface area (Å²) in [7, 11) is 0. The van der Waals surface area contributed by atoms with Crippen LogP contribution in [0.5, 0.6) is 5.75 Å². The molecule has 0 fully saturated rings. The van der Waals surface area contributed by atoms with Crippen molar-refractivity contribution >= 4 is 17.6 Å². The maximum atomic E-state index is 11.6. The van der Waals surface area contributed by atoms with E-state index in [4.69, 9.17) is 5.26 Å². The summed E-state index contributed by atoms with van der Waals surface area (Å²) >= 11 is 0. The van der Waals surface area contributed by atoms with E-state index < -0.39 is 4.92 Å². The fraction of sp³-hybridized carbons (Fsp3) is 0. The molecule has 0 amide bonds. The van der Waals surface area contributed by atoms with Gasteiger partial charge >= 0.3 is 0 Å². The first-order chi connectivity index (χ1) is 9.60. The van der Waals surface area contributed by atoms with Crippen molar-refractivity contribution in [3.8, 4) is 11.8 Å². The van der Waals surface area contributed by atoms with E-state index in [0.717, 1.165) is 12.1 Å². The molecule has 0 aliphatic heterocycles. The molecule has 98 valence electrons. The third kappa shape index (κ3) is 2.97. The zero-order valence-corrected chi connectivity index (χ0v) is 10.2. The molecule has 0 saturated carbocycles. The Hall–Kier alpha value is -3.20. The van der Waals surface area contributed by atoms with Crippen LogP contribution in [0.4, 0.5) is 11.4 Å². The van der Waals surface area contributed by atoms with Gasteiger partial charge in [0.05, 0.1) is 22.2 Å². The number of nitro benzene ring substituents is 1. The Bertz CT molecular complexity index is 733. The molecule has 0 bridgehead atoms. The molecular formula is C14H8N3O3-. The Morgan fingerprint density at radius 1 is 1.25 bits per heavy atom. The minimum absolute atomic E-state index is 0.126. The Balaban J connectivity index is 2.33. The van der Waals surface area contributed by atoms with Crippen LogP contribution in [-0.4, -0.2) is 11.1 Å². The summed E-state index contributed by atoms with van der Waals surface area (Å²) < 4.78 is 0. The lowest BCUT2D eigenvalue weighted by molar-refractivity contribution is -0.385. The Morgan fingerprint density at radius 2 is 2.05 bits per heavy atom. The van der Waals surface area contributed by atoms with Crippen LogP contribution < -0.4 is 5.11 Å². The number of nitriles is 1. The highest BCUT2D eigenvalue weighted by atomic mass is 16.6. The molecule has 0 spiro atoms. The van der Waals surface area contributed by atoms with Crippen molar-refractivity contribution in [2.24, 2.45) is 4.99 Å². The minimum atomic E-state index is -0.576. The Kier molecular flexibility index (Phi) is 3.72. The number of rotatable bonds is 3. The van der Waals surface area contributed by atoms with Gasteiger partial charge in [-0.2, -0.15) is 5.26 Å². The lowest BCUT2D eigenvalue weighted by atomic mass is 10.2. The number of hydrogen-bond acceptors (Lipinski definition) is 5. The van der Waals surface area contributed by atoms with Crippen molar-refractivity contribution < 1.29 is 10.0 Å². The average Bonchev–Trinajstić information content (AvgIpc) is 2.46. The van der Waals surface area contributed by atoms with Crippen molar-refractivity contribution in [3.63, 3.8) is 0 Å². The number of hydrogen-bond donors (Lipinski definition) is 0. The number of nitro groups is 1. The lowest BCUT2D eigenvalue weighted by Crippen LogP contribution is -1.98. The van der Waals surface area contributed by atoms with Crippen molar-refractivity contribution in [2.75, 3.05) is 0 Å². The molecule has 2 aromatic rings. The van der Waals surface area contributed by atoms with Crippen molar-refractivity contribution in [1.82, 2.24) is 0 Å². The van der Waals surface area contributed by atoms with E-state index in [1.165, 1.54) is 12.3 Å². The number of nitrogens with zero attached hydrogens (tertiary/aromatic N) is 3. The molecule has 0 radical (unpaired) electrons. The summed E-state index contributed by atoms with van der Waals surface area (Å²) in [5.41, 5.74) is 0.898. The van der Waals surface area contributed by atoms with Gasteiger partial charge in [0.2, 0.25) is 0 Å². The molecule has 0 atom stereocenters. The van der Waals surface area contributed by atoms with Gasteiger partial charge in [-0.3, -0.25) is 15.1 Å². The molecule has 0 aromatic heterocycles. The van der Waals surface area contributed by atoms with Gasteiger partial charge in [-0.05, 0) is 23.8 Å². The highest BCUT2D eigenvalue weighted by molar-refractivity contribution is 5.86. The van der Waals surface area contributed by atoms with E-state index >= 15 is 0 Å². The molecule has 0 heterocycles. The largest absolute Gasteiger partial charge is 0.872 e. The summed E-state index contributed by atoms with van der Waals surface area (Å²) in [6.07, 6.45) is 1.26. The van der Waals surface area contributed by atoms with Gasteiger partial charge in [0, 0.05) is 18.3 Å². The minimum Gasteiger partial charge on any atom is -0.872 e. The van der Waals surface area contributed by atoms with Crippen molar-refractivity contribution in [2.45, 2.75) is 0 Å². The van der Waals surface area contributed by atoms with E-state index in [0.29, 0.717) is 11.3 Å². The summed E-state index contributed by atoms with van der Waals surface area (Å²) in [5.74, 6) is -0.351. The smallest absolute Gasteiger partial charge is 0.270 e. The quantitative estimate of drug-likeness (QED) is 0.483. The summed E-state index contributed by atoms with van der Waals surface area (Å²) in [6.45, 7) is 0. The van der Waals surface area contributed by atoms with Crippen LogP contribution in [0, 0.1) is 21.4 Å². The summed E-state index contributed by atoms with van der Waals surface area (Å²) in [5, 5.41) is 31.0. The highest BCUT2D eigenvalue weighted by Crippen LogP contribution is 2.20. The first-order valence-electron chi connectivity index (χ1n) is 5.60. The maximum absolute atomic E-state index is 11.6. The molecule has 0 unspecified atom stereocenters. The lowest BCUT2D eigenvalue weighted by Gasteiger charge is -2.08. The second-order valence-electron chi connectivity index (χ2n) is 3.90. The predicted octanol–water partition coefficient (Wildman–Crippen LogP) is 2.29. The fourth-order valence-electron chi connectivity index (χ4n) is 1.55. The van der Waals surface area contributed by atoms with Crippen LogP contribution in [0.15, 0.2) is 47.5 Å². The standard InChI is InChI=1S/C14H9N3O3/c15-8-10-2-1-3-12(6-10)16-9-11-7-13(17(19)20)4-5-14(11)18/h1-7,9,18H/p-1. The van der Waals surface area contributed by atoms with Crippen LogP contribution >= 0.6 is 0 Å². The second kappa shape index (κ2) is 5.63. The Labute approximate surface area is 114 Å². The molecule has 0 saturated heterocycles. The van der Waals surface area contributed by atoms with Gasteiger partial charge in [0.25, 0.3) is 5.69 Å². The Morgan fingerprint density at radius 3 is 2.75 bits per heavy atom. The molecule has 0 aliphatic carbocycles. The molecule has 6 heteroatoms. The topological polar surface area (TPSA) is 102 Å². The molecular weight excluding hydrogens is 258 g/mol. The average molecular weight is 266 g/mol. The fourth-order valence-corrected chi connectivity index (χ4v) is 1.55. The first kappa shape index (κ1) is 13.2. The zero-order chi connectivity index (χ0) is 14.5. The molecule has 2 aromatic carbocycles. The van der Waals surface area contributed by atoms with Crippen LogP contribution in [0.3, 0.4) is 0 Å². The molecule has 20 heavy (non-hydrogen) atoms. The van der Waals surface area contributed by atoms with E-state index in [1.807, 2.05) is 6.07 Å². The molecule has 6 nitrogen and oxygen atoms in total. The predicted molar refractivity (Wildman–Crippen MR) is 71.0 cm³/mol. The van der Waals surface area contributed by atoms with Crippen molar-refractivity contribution in [1.29, 1.82) is 5.26 Å².